The summed E-state index contributed by atoms with van der Waals surface area (Å²) < 4.78 is 2.03. The number of rotatable bonds is 7. The second-order valence-corrected chi connectivity index (χ2v) is 7.82. The van der Waals surface area contributed by atoms with Gasteiger partial charge in [-0.15, -0.1) is 11.3 Å². The summed E-state index contributed by atoms with van der Waals surface area (Å²) in [6, 6.07) is 10.3. The Hall–Kier alpha value is -2.14. The first-order valence-electron chi connectivity index (χ1n) is 8.83. The maximum atomic E-state index is 12.3. The molecule has 0 aliphatic rings. The van der Waals surface area contributed by atoms with Gasteiger partial charge in [-0.05, 0) is 25.7 Å². The lowest BCUT2D eigenvalue weighted by Gasteiger charge is -2.14. The lowest BCUT2D eigenvalue weighted by Crippen LogP contribution is -2.34. The van der Waals surface area contributed by atoms with E-state index in [1.807, 2.05) is 34.2 Å². The Morgan fingerprint density at radius 1 is 1.20 bits per heavy atom. The molecule has 0 saturated heterocycles. The number of carbonyl (C=O) groups is 1. The highest BCUT2D eigenvalue weighted by molar-refractivity contribution is 7.15. The van der Waals surface area contributed by atoms with Gasteiger partial charge < -0.3 is 5.32 Å². The van der Waals surface area contributed by atoms with Crippen LogP contribution in [0.1, 0.15) is 39.3 Å². The summed E-state index contributed by atoms with van der Waals surface area (Å²) in [5, 5.41) is 5.13. The van der Waals surface area contributed by atoms with Gasteiger partial charge in [-0.2, -0.15) is 0 Å². The van der Waals surface area contributed by atoms with Gasteiger partial charge in [0.05, 0.1) is 12.1 Å². The molecule has 5 heteroatoms. The lowest BCUT2D eigenvalue weighted by molar-refractivity contribution is -0.121. The quantitative estimate of drug-likeness (QED) is 0.676. The minimum Gasteiger partial charge on any atom is -0.353 e. The molecular weight excluding hydrogens is 330 g/mol. The van der Waals surface area contributed by atoms with Crippen molar-refractivity contribution in [1.82, 2.24) is 14.7 Å². The van der Waals surface area contributed by atoms with Gasteiger partial charge in [-0.1, -0.05) is 44.2 Å². The van der Waals surface area contributed by atoms with Crippen LogP contribution in [0.4, 0.5) is 0 Å². The van der Waals surface area contributed by atoms with Crippen molar-refractivity contribution in [2.45, 2.75) is 46.1 Å². The molecule has 1 amide bonds. The molecule has 3 aromatic rings. The number of thiazole rings is 1. The first kappa shape index (κ1) is 17.7. The SMILES string of the molecule is CC(C)CCC(C)NC(=O)Cc1csc2nc(-c3ccccc3)cn12. The van der Waals surface area contributed by atoms with Gasteiger partial charge in [0.25, 0.3) is 0 Å². The van der Waals surface area contributed by atoms with Crippen molar-refractivity contribution >= 4 is 22.2 Å². The molecule has 0 bridgehead atoms. The van der Waals surface area contributed by atoms with Gasteiger partial charge in [-0.3, -0.25) is 9.20 Å². The van der Waals surface area contributed by atoms with Crippen LogP contribution in [0.15, 0.2) is 41.9 Å². The molecule has 132 valence electrons. The molecule has 4 nitrogen and oxygen atoms in total. The third kappa shape index (κ3) is 4.48. The van der Waals surface area contributed by atoms with Crippen molar-refractivity contribution in [2.75, 3.05) is 0 Å². The zero-order valence-electron chi connectivity index (χ0n) is 15.0. The number of carbonyl (C=O) groups excluding carboxylic acids is 1. The molecule has 2 heterocycles. The van der Waals surface area contributed by atoms with Crippen LogP contribution in [0, 0.1) is 5.92 Å². The molecule has 0 spiro atoms. The van der Waals surface area contributed by atoms with E-state index in [1.165, 1.54) is 0 Å². The van der Waals surface area contributed by atoms with E-state index in [-0.39, 0.29) is 11.9 Å². The van der Waals surface area contributed by atoms with E-state index in [9.17, 15) is 4.79 Å². The van der Waals surface area contributed by atoms with Gasteiger partial charge in [0.1, 0.15) is 0 Å². The Morgan fingerprint density at radius 3 is 2.68 bits per heavy atom. The van der Waals surface area contributed by atoms with Crippen molar-refractivity contribution in [2.24, 2.45) is 5.92 Å². The molecule has 25 heavy (non-hydrogen) atoms. The van der Waals surface area contributed by atoms with Crippen molar-refractivity contribution in [3.05, 3.63) is 47.6 Å². The van der Waals surface area contributed by atoms with Crippen LogP contribution in [0.2, 0.25) is 0 Å². The van der Waals surface area contributed by atoms with E-state index in [0.29, 0.717) is 12.3 Å². The van der Waals surface area contributed by atoms with Crippen molar-refractivity contribution < 1.29 is 4.79 Å². The lowest BCUT2D eigenvalue weighted by atomic mass is 10.0. The van der Waals surface area contributed by atoms with Gasteiger partial charge in [0.15, 0.2) is 4.96 Å². The fraction of sp³-hybridized carbons (Fsp3) is 0.400. The molecular formula is C20H25N3OS. The number of nitrogens with zero attached hydrogens (tertiary/aromatic N) is 2. The van der Waals surface area contributed by atoms with Gasteiger partial charge in [0.2, 0.25) is 5.91 Å². The topological polar surface area (TPSA) is 46.4 Å². The first-order chi connectivity index (χ1) is 12.0. The predicted octanol–water partition coefficient (Wildman–Crippen LogP) is 4.55. The van der Waals surface area contributed by atoms with Crippen LogP contribution in [0.25, 0.3) is 16.2 Å². The van der Waals surface area contributed by atoms with Crippen LogP contribution in [-0.2, 0) is 11.2 Å². The van der Waals surface area contributed by atoms with Gasteiger partial charge in [0, 0.05) is 28.9 Å². The van der Waals surface area contributed by atoms with Crippen LogP contribution < -0.4 is 5.32 Å². The zero-order chi connectivity index (χ0) is 17.8. The normalized spacial score (nSPS) is 12.6. The largest absolute Gasteiger partial charge is 0.353 e. The van der Waals surface area contributed by atoms with Crippen molar-refractivity contribution in [3.63, 3.8) is 0 Å². The molecule has 3 rings (SSSR count). The second kappa shape index (κ2) is 7.83. The highest BCUT2D eigenvalue weighted by Gasteiger charge is 2.14. The standard InChI is InChI=1S/C20H25N3OS/c1-14(2)9-10-15(3)21-19(24)11-17-13-25-20-22-18(12-23(17)20)16-7-5-4-6-8-16/h4-8,12-15H,9-11H2,1-3H3,(H,21,24). The minimum absolute atomic E-state index is 0.0749. The van der Waals surface area contributed by atoms with Crippen LogP contribution in [0.5, 0.6) is 0 Å². The molecule has 1 atom stereocenters. The van der Waals surface area contributed by atoms with Crippen LogP contribution in [0.3, 0.4) is 0 Å². The molecule has 0 fully saturated rings. The first-order valence-corrected chi connectivity index (χ1v) is 9.71. The van der Waals surface area contributed by atoms with Crippen molar-refractivity contribution in [3.8, 4) is 11.3 Å². The maximum absolute atomic E-state index is 12.3. The molecule has 0 radical (unpaired) electrons. The van der Waals surface area contributed by atoms with Crippen LogP contribution in [-0.4, -0.2) is 21.3 Å². The molecule has 1 N–H and O–H groups in total. The third-order valence-electron chi connectivity index (χ3n) is 4.28. The smallest absolute Gasteiger partial charge is 0.226 e. The number of aromatic nitrogens is 2. The number of fused-ring (bicyclic) bond motifs is 1. The Balaban J connectivity index is 1.67. The summed E-state index contributed by atoms with van der Waals surface area (Å²) in [5.41, 5.74) is 3.03. The number of nitrogens with one attached hydrogen (secondary N) is 1. The Labute approximate surface area is 152 Å². The number of hydrogen-bond donors (Lipinski definition) is 1. The van der Waals surface area contributed by atoms with E-state index in [1.54, 1.807) is 11.3 Å². The number of amides is 1. The highest BCUT2D eigenvalue weighted by Crippen LogP contribution is 2.23. The van der Waals surface area contributed by atoms with Gasteiger partial charge in [-0.25, -0.2) is 4.98 Å². The fourth-order valence-corrected chi connectivity index (χ4v) is 3.72. The highest BCUT2D eigenvalue weighted by atomic mass is 32.1. The second-order valence-electron chi connectivity index (χ2n) is 6.99. The van der Waals surface area contributed by atoms with E-state index in [0.717, 1.165) is 34.8 Å². The zero-order valence-corrected chi connectivity index (χ0v) is 15.8. The number of benzene rings is 1. The average Bonchev–Trinajstić information content (AvgIpc) is 3.16. The summed E-state index contributed by atoms with van der Waals surface area (Å²) in [6.45, 7) is 6.49. The monoisotopic (exact) mass is 355 g/mol. The minimum atomic E-state index is 0.0749. The van der Waals surface area contributed by atoms with E-state index < -0.39 is 0 Å². The predicted molar refractivity (Wildman–Crippen MR) is 104 cm³/mol. The molecule has 0 aliphatic carbocycles. The summed E-state index contributed by atoms with van der Waals surface area (Å²) in [4.78, 5) is 17.9. The van der Waals surface area contributed by atoms with E-state index >= 15 is 0 Å². The molecule has 0 aliphatic heterocycles. The Bertz CT molecular complexity index is 835. The Kier molecular flexibility index (Phi) is 5.53. The maximum Gasteiger partial charge on any atom is 0.226 e. The Morgan fingerprint density at radius 2 is 1.96 bits per heavy atom. The average molecular weight is 356 g/mol. The fourth-order valence-electron chi connectivity index (χ4n) is 2.85. The summed E-state index contributed by atoms with van der Waals surface area (Å²) in [5.74, 6) is 0.740. The van der Waals surface area contributed by atoms with E-state index in [2.05, 4.69) is 43.2 Å². The molecule has 2 aromatic heterocycles. The van der Waals surface area contributed by atoms with Crippen molar-refractivity contribution in [1.29, 1.82) is 0 Å². The summed E-state index contributed by atoms with van der Waals surface area (Å²) in [7, 11) is 0. The third-order valence-corrected chi connectivity index (χ3v) is 5.17. The number of imidazole rings is 1. The van der Waals surface area contributed by atoms with E-state index in [4.69, 9.17) is 0 Å². The van der Waals surface area contributed by atoms with Gasteiger partial charge >= 0.3 is 0 Å². The number of hydrogen-bond acceptors (Lipinski definition) is 3. The molecule has 1 unspecified atom stereocenters. The summed E-state index contributed by atoms with van der Waals surface area (Å²) in [6.07, 6.45) is 4.56. The molecule has 0 saturated carbocycles. The summed E-state index contributed by atoms with van der Waals surface area (Å²) >= 11 is 1.58. The molecule has 1 aromatic carbocycles. The van der Waals surface area contributed by atoms with Crippen LogP contribution >= 0.6 is 11.3 Å².